The Kier molecular flexibility index (Phi) is 52.3. The lowest BCUT2D eigenvalue weighted by atomic mass is 9.68. The monoisotopic (exact) mass is 956 g/mol. The quantitative estimate of drug-likeness (QED) is 0.0506. The van der Waals surface area contributed by atoms with E-state index in [-0.39, 0.29) is 23.3 Å². The third-order valence-electron chi connectivity index (χ3n) is 13.7. The lowest BCUT2D eigenvalue weighted by molar-refractivity contribution is -0.400. The van der Waals surface area contributed by atoms with Gasteiger partial charge in [0, 0.05) is 25.7 Å². The number of piperidine rings is 1. The van der Waals surface area contributed by atoms with Gasteiger partial charge in [0.25, 0.3) is 0 Å². The summed E-state index contributed by atoms with van der Waals surface area (Å²) >= 11 is 0. The van der Waals surface area contributed by atoms with Gasteiger partial charge in [-0.2, -0.15) is 0 Å². The Bertz CT molecular complexity index is 1030. The first-order valence-corrected chi connectivity index (χ1v) is 29.6. The lowest BCUT2D eigenvalue weighted by Gasteiger charge is -2.63. The zero-order chi connectivity index (χ0) is 51.9. The van der Waals surface area contributed by atoms with Crippen LogP contribution in [0.5, 0.6) is 0 Å². The molecule has 2 unspecified atom stereocenters. The molecule has 2 aliphatic heterocycles. The van der Waals surface area contributed by atoms with Crippen molar-refractivity contribution in [2.24, 2.45) is 11.3 Å². The second-order valence-electron chi connectivity index (χ2n) is 20.4. The molecule has 2 aliphatic rings. The van der Waals surface area contributed by atoms with Crippen molar-refractivity contribution in [2.45, 2.75) is 347 Å². The van der Waals surface area contributed by atoms with Gasteiger partial charge in [-0.25, -0.2) is 0 Å². The molecule has 0 aromatic rings. The molecule has 67 heavy (non-hydrogen) atoms. The fraction of sp³-hybridized carbons (Fsp3) is 0.967. The smallest absolute Gasteiger partial charge is 0.322 e. The molecule has 0 amide bonds. The summed E-state index contributed by atoms with van der Waals surface area (Å²) in [5.74, 6) is -1.27. The van der Waals surface area contributed by atoms with Gasteiger partial charge >= 0.3 is 11.9 Å². The predicted molar refractivity (Wildman–Crippen MR) is 295 cm³/mol. The maximum Gasteiger partial charge on any atom is 0.322 e. The fourth-order valence-corrected chi connectivity index (χ4v) is 9.00. The highest BCUT2D eigenvalue weighted by Gasteiger charge is 2.63. The van der Waals surface area contributed by atoms with Gasteiger partial charge in [0.15, 0.2) is 5.79 Å². The Hall–Kier alpha value is -1.18. The number of unbranched alkanes of at least 4 members (excludes halogenated alkanes) is 24. The first-order chi connectivity index (χ1) is 32.1. The number of hydrogen-bond acceptors (Lipinski definition) is 7. The Morgan fingerprint density at radius 3 is 1.13 bits per heavy atom. The van der Waals surface area contributed by atoms with E-state index in [1.54, 1.807) is 0 Å². The number of hydroxylamine groups is 2. The van der Waals surface area contributed by atoms with E-state index >= 15 is 0 Å². The van der Waals surface area contributed by atoms with Gasteiger partial charge in [0.1, 0.15) is 6.61 Å². The minimum Gasteiger partial charge on any atom is -0.465 e. The van der Waals surface area contributed by atoms with Gasteiger partial charge in [-0.3, -0.25) is 9.59 Å². The molecule has 0 aliphatic carbocycles. The Balaban J connectivity index is -0.000000711. The third-order valence-corrected chi connectivity index (χ3v) is 13.7. The van der Waals surface area contributed by atoms with E-state index in [0.717, 1.165) is 25.7 Å². The summed E-state index contributed by atoms with van der Waals surface area (Å²) in [6.07, 6.45) is 40.5. The molecule has 1 spiro atoms. The number of carbonyl (C=O) groups is 2. The lowest BCUT2D eigenvalue weighted by Crippen LogP contribution is -2.73. The highest BCUT2D eigenvalue weighted by atomic mass is 16.7. The fourth-order valence-electron chi connectivity index (χ4n) is 9.00. The molecule has 0 bridgehead atoms. The van der Waals surface area contributed by atoms with Crippen LogP contribution in [0.15, 0.2) is 0 Å². The number of nitrogens with zero attached hydrogens (tertiary/aromatic N) is 1. The van der Waals surface area contributed by atoms with Crippen molar-refractivity contribution >= 4 is 11.9 Å². The third kappa shape index (κ3) is 34.7. The molecule has 7 nitrogen and oxygen atoms in total. The molecule has 2 saturated heterocycles. The second kappa shape index (κ2) is 48.4. The summed E-state index contributed by atoms with van der Waals surface area (Å²) in [6, 6.07) is 0. The number of carbonyl (C=O) groups excluding carboxylic acids is 2. The van der Waals surface area contributed by atoms with Crippen LogP contribution in [0, 0.1) is 11.3 Å². The van der Waals surface area contributed by atoms with Gasteiger partial charge in [0.05, 0.1) is 29.7 Å². The first kappa shape index (κ1) is 72.4. The number of rotatable bonds is 31. The number of ether oxygens (including phenoxy) is 3. The molecule has 0 radical (unpaired) electrons. The maximum atomic E-state index is 12.6. The van der Waals surface area contributed by atoms with E-state index in [1.807, 2.05) is 32.8 Å². The van der Waals surface area contributed by atoms with Gasteiger partial charge in [-0.1, -0.05) is 270 Å². The van der Waals surface area contributed by atoms with Gasteiger partial charge in [-0.15, -0.1) is 5.06 Å². The van der Waals surface area contributed by atoms with Crippen LogP contribution in [0.25, 0.3) is 0 Å². The molecule has 0 aromatic carbocycles. The second-order valence-corrected chi connectivity index (χ2v) is 20.4. The van der Waals surface area contributed by atoms with Gasteiger partial charge < -0.3 is 19.0 Å². The molecular formula is C60H125NO6. The van der Waals surface area contributed by atoms with E-state index in [9.17, 15) is 9.59 Å². The van der Waals surface area contributed by atoms with E-state index in [4.69, 9.17) is 19.0 Å². The number of hydrogen-bond donors (Lipinski definition) is 0. The molecule has 2 atom stereocenters. The molecule has 2 heterocycles. The van der Waals surface area contributed by atoms with Crippen LogP contribution in [0.4, 0.5) is 0 Å². The van der Waals surface area contributed by atoms with Crippen molar-refractivity contribution in [1.82, 2.24) is 5.06 Å². The minimum absolute atomic E-state index is 0.0464. The molecule has 7 heteroatoms. The van der Waals surface area contributed by atoms with Crippen molar-refractivity contribution in [3.63, 3.8) is 0 Å². The standard InChI is InChI=1S/C37H69NO6.C10H22.C6H14.C3H8.2C2H6/c1-9-12-13-14-15-16-17-18-19-20-21-22-23-24-25-26-33(40)41-28-36(11-3)29-42-37(43-30-36)27-34(6,7)38(44-32(5)39)35(8,10-2)31(37)4;1-3-5-7-9-10-8-6-4-2;1-3-5-6-4-2;1-3-2;2*1-2/h31H,9-30H2,1-8H3;3-10H2,1-2H3;3-6H2,1-2H3;3H2,1-2H3;2*1-2H3. The zero-order valence-electron chi connectivity index (χ0n) is 49.2. The largest absolute Gasteiger partial charge is 0.465 e. The van der Waals surface area contributed by atoms with Crippen LogP contribution < -0.4 is 0 Å². The van der Waals surface area contributed by atoms with Crippen molar-refractivity contribution in [3.05, 3.63) is 0 Å². The summed E-state index contributed by atoms with van der Waals surface area (Å²) < 4.78 is 19.1. The molecular weight excluding hydrogens is 831 g/mol. The Morgan fingerprint density at radius 2 is 0.836 bits per heavy atom. The molecule has 0 N–H and O–H groups in total. The van der Waals surface area contributed by atoms with Crippen molar-refractivity contribution in [1.29, 1.82) is 0 Å². The van der Waals surface area contributed by atoms with E-state index in [1.165, 1.54) is 174 Å². The van der Waals surface area contributed by atoms with Crippen LogP contribution in [-0.4, -0.2) is 53.7 Å². The predicted octanol–water partition coefficient (Wildman–Crippen LogP) is 19.9. The Morgan fingerprint density at radius 1 is 0.522 bits per heavy atom. The normalized spacial score (nSPS) is 21.6. The van der Waals surface area contributed by atoms with Crippen molar-refractivity contribution in [2.75, 3.05) is 19.8 Å². The van der Waals surface area contributed by atoms with Crippen molar-refractivity contribution < 1.29 is 28.6 Å². The summed E-state index contributed by atoms with van der Waals surface area (Å²) in [4.78, 5) is 30.3. The van der Waals surface area contributed by atoms with Crippen LogP contribution in [0.1, 0.15) is 330 Å². The topological polar surface area (TPSA) is 74.3 Å². The highest BCUT2D eigenvalue weighted by molar-refractivity contribution is 5.69. The van der Waals surface area contributed by atoms with Crippen LogP contribution in [0.2, 0.25) is 0 Å². The average molecular weight is 957 g/mol. The van der Waals surface area contributed by atoms with Gasteiger partial charge in [0.2, 0.25) is 0 Å². The van der Waals surface area contributed by atoms with Crippen LogP contribution >= 0.6 is 0 Å². The van der Waals surface area contributed by atoms with Crippen LogP contribution in [0.3, 0.4) is 0 Å². The molecule has 0 aromatic heterocycles. The summed E-state index contributed by atoms with van der Waals surface area (Å²) in [5, 5.41) is 1.87. The number of esters is 1. The SMILES string of the molecule is CC.CC.CCC.CCCCCC.CCCCCCCCCC.CCCCCCCCCCCCCCCCCC(=O)OCC1(CC)COC2(CC(C)(C)N(OC(C)=O)C(C)(CC)C2C)OC1. The van der Waals surface area contributed by atoms with Crippen molar-refractivity contribution in [3.8, 4) is 0 Å². The van der Waals surface area contributed by atoms with E-state index < -0.39 is 16.9 Å². The molecule has 2 fully saturated rings. The minimum atomic E-state index is -0.790. The summed E-state index contributed by atoms with van der Waals surface area (Å²) in [7, 11) is 0. The molecule has 0 saturated carbocycles. The maximum absolute atomic E-state index is 12.6. The zero-order valence-corrected chi connectivity index (χ0v) is 49.2. The summed E-state index contributed by atoms with van der Waals surface area (Å²) in [5.41, 5.74) is -1.29. The van der Waals surface area contributed by atoms with E-state index in [0.29, 0.717) is 32.7 Å². The molecule has 2 rings (SSSR count). The van der Waals surface area contributed by atoms with Gasteiger partial charge in [-0.05, 0) is 40.0 Å². The summed E-state index contributed by atoms with van der Waals surface area (Å²) in [6.45, 7) is 38.9. The first-order valence-electron chi connectivity index (χ1n) is 29.6. The van der Waals surface area contributed by atoms with Crippen LogP contribution in [-0.2, 0) is 28.6 Å². The highest BCUT2D eigenvalue weighted by Crippen LogP contribution is 2.53. The molecule has 406 valence electrons. The average Bonchev–Trinajstić information content (AvgIpc) is 3.33. The Labute approximate surface area is 422 Å². The van der Waals surface area contributed by atoms with E-state index in [2.05, 4.69) is 90.0 Å².